The van der Waals surface area contributed by atoms with Crippen LogP contribution in [0.4, 0.5) is 5.69 Å². The molecule has 0 aliphatic rings. The summed E-state index contributed by atoms with van der Waals surface area (Å²) in [7, 11) is 3.31. The molecule has 24 heavy (non-hydrogen) atoms. The van der Waals surface area contributed by atoms with Crippen molar-refractivity contribution < 1.29 is 14.5 Å². The molecule has 2 aromatic rings. The van der Waals surface area contributed by atoms with E-state index in [0.717, 1.165) is 0 Å². The van der Waals surface area contributed by atoms with Crippen LogP contribution in [-0.2, 0) is 0 Å². The summed E-state index contributed by atoms with van der Waals surface area (Å²) in [4.78, 5) is 35.6. The van der Waals surface area contributed by atoms with Gasteiger partial charge in [-0.15, -0.1) is 0 Å². The number of amides is 1. The molecule has 0 aromatic heterocycles. The summed E-state index contributed by atoms with van der Waals surface area (Å²) in [6.07, 6.45) is 2.87. The van der Waals surface area contributed by atoms with Crippen molar-refractivity contribution in [2.24, 2.45) is 0 Å². The van der Waals surface area contributed by atoms with Crippen molar-refractivity contribution in [1.29, 1.82) is 0 Å². The molecule has 122 valence electrons. The lowest BCUT2D eigenvalue weighted by Crippen LogP contribution is -2.21. The third-order valence-electron chi connectivity index (χ3n) is 3.33. The van der Waals surface area contributed by atoms with Gasteiger partial charge in [0.1, 0.15) is 0 Å². The second-order valence-electron chi connectivity index (χ2n) is 5.33. The van der Waals surface area contributed by atoms with Crippen LogP contribution >= 0.6 is 0 Å². The number of hydrogen-bond donors (Lipinski definition) is 0. The van der Waals surface area contributed by atoms with Crippen molar-refractivity contribution in [1.82, 2.24) is 4.90 Å². The lowest BCUT2D eigenvalue weighted by atomic mass is 10.1. The van der Waals surface area contributed by atoms with Gasteiger partial charge in [0.25, 0.3) is 11.6 Å². The number of non-ortho nitro benzene ring substituents is 1. The molecule has 0 aliphatic heterocycles. The maximum atomic E-state index is 12.1. The number of carbonyl (C=O) groups is 2. The Bertz CT molecular complexity index is 808. The van der Waals surface area contributed by atoms with Gasteiger partial charge < -0.3 is 4.90 Å². The molecule has 0 unspecified atom stereocenters. The fourth-order valence-electron chi connectivity index (χ4n) is 2.05. The van der Waals surface area contributed by atoms with Crippen molar-refractivity contribution >= 4 is 23.5 Å². The number of allylic oxidation sites excluding steroid dienone is 1. The lowest BCUT2D eigenvalue weighted by molar-refractivity contribution is -0.384. The van der Waals surface area contributed by atoms with E-state index in [4.69, 9.17) is 0 Å². The monoisotopic (exact) mass is 324 g/mol. The number of benzene rings is 2. The number of rotatable bonds is 5. The van der Waals surface area contributed by atoms with Crippen molar-refractivity contribution in [2.45, 2.75) is 0 Å². The van der Waals surface area contributed by atoms with E-state index in [2.05, 4.69) is 0 Å². The molecule has 1 amide bonds. The highest BCUT2D eigenvalue weighted by Gasteiger charge is 2.09. The van der Waals surface area contributed by atoms with Gasteiger partial charge in [-0.2, -0.15) is 0 Å². The summed E-state index contributed by atoms with van der Waals surface area (Å²) in [6.45, 7) is 0. The van der Waals surface area contributed by atoms with Crippen LogP contribution in [0.15, 0.2) is 54.6 Å². The molecule has 0 saturated carbocycles. The van der Waals surface area contributed by atoms with Gasteiger partial charge in [-0.25, -0.2) is 0 Å². The Morgan fingerprint density at radius 2 is 1.67 bits per heavy atom. The highest BCUT2D eigenvalue weighted by atomic mass is 16.6. The second-order valence-corrected chi connectivity index (χ2v) is 5.33. The fourth-order valence-corrected chi connectivity index (χ4v) is 2.05. The van der Waals surface area contributed by atoms with Gasteiger partial charge in [-0.3, -0.25) is 19.7 Å². The van der Waals surface area contributed by atoms with Crippen LogP contribution in [0.2, 0.25) is 0 Å². The average Bonchev–Trinajstić information content (AvgIpc) is 2.59. The van der Waals surface area contributed by atoms with Gasteiger partial charge in [0, 0.05) is 37.4 Å². The van der Waals surface area contributed by atoms with Gasteiger partial charge in [-0.05, 0) is 23.8 Å². The molecule has 0 spiro atoms. The number of carbonyl (C=O) groups excluding carboxylic acids is 2. The predicted octanol–water partition coefficient (Wildman–Crippen LogP) is 3.19. The standard InChI is InChI=1S/C18H16N2O4/c1-19(2)18(22)15-9-7-14(8-10-15)17(21)11-6-13-4-3-5-16(12-13)20(23)24/h3-12H,1-2H3/b11-6+. The SMILES string of the molecule is CN(C)C(=O)c1ccc(C(=O)/C=C/c2cccc([N+](=O)[O-])c2)cc1. The van der Waals surface area contributed by atoms with E-state index in [1.54, 1.807) is 50.5 Å². The molecular formula is C18H16N2O4. The maximum absolute atomic E-state index is 12.1. The fraction of sp³-hybridized carbons (Fsp3) is 0.111. The van der Waals surface area contributed by atoms with Crippen molar-refractivity contribution in [3.63, 3.8) is 0 Å². The van der Waals surface area contributed by atoms with Gasteiger partial charge in [0.15, 0.2) is 5.78 Å². The topological polar surface area (TPSA) is 80.5 Å². The van der Waals surface area contributed by atoms with Crippen LogP contribution < -0.4 is 0 Å². The lowest BCUT2D eigenvalue weighted by Gasteiger charge is -2.09. The normalized spacial score (nSPS) is 10.6. The van der Waals surface area contributed by atoms with Crippen LogP contribution in [0.5, 0.6) is 0 Å². The molecule has 0 atom stereocenters. The quantitative estimate of drug-likeness (QED) is 0.366. The molecule has 2 rings (SSSR count). The Kier molecular flexibility index (Phi) is 5.21. The van der Waals surface area contributed by atoms with Crippen molar-refractivity contribution in [3.05, 3.63) is 81.4 Å². The number of ketones is 1. The first-order valence-electron chi connectivity index (χ1n) is 7.17. The van der Waals surface area contributed by atoms with Gasteiger partial charge in [0.05, 0.1) is 4.92 Å². The van der Waals surface area contributed by atoms with E-state index in [-0.39, 0.29) is 17.4 Å². The first-order valence-corrected chi connectivity index (χ1v) is 7.17. The Morgan fingerprint density at radius 3 is 2.25 bits per heavy atom. The Balaban J connectivity index is 2.13. The minimum Gasteiger partial charge on any atom is -0.345 e. The van der Waals surface area contributed by atoms with Gasteiger partial charge in [0.2, 0.25) is 0 Å². The summed E-state index contributed by atoms with van der Waals surface area (Å²) >= 11 is 0. The molecule has 6 heteroatoms. The largest absolute Gasteiger partial charge is 0.345 e. The van der Waals surface area contributed by atoms with Crippen molar-refractivity contribution in [2.75, 3.05) is 14.1 Å². The van der Waals surface area contributed by atoms with E-state index in [9.17, 15) is 19.7 Å². The molecule has 0 saturated heterocycles. The number of hydrogen-bond acceptors (Lipinski definition) is 4. The van der Waals surface area contributed by atoms with E-state index in [0.29, 0.717) is 16.7 Å². The minimum atomic E-state index is -0.486. The summed E-state index contributed by atoms with van der Waals surface area (Å²) in [5.41, 5.74) is 1.47. The van der Waals surface area contributed by atoms with Crippen LogP contribution in [0.25, 0.3) is 6.08 Å². The summed E-state index contributed by atoms with van der Waals surface area (Å²) < 4.78 is 0. The van der Waals surface area contributed by atoms with Gasteiger partial charge in [-0.1, -0.05) is 30.3 Å². The molecular weight excluding hydrogens is 308 g/mol. The van der Waals surface area contributed by atoms with E-state index < -0.39 is 4.92 Å². The average molecular weight is 324 g/mol. The smallest absolute Gasteiger partial charge is 0.270 e. The molecule has 6 nitrogen and oxygen atoms in total. The first kappa shape index (κ1) is 17.1. The van der Waals surface area contributed by atoms with E-state index in [1.807, 2.05) is 0 Å². The Morgan fingerprint density at radius 1 is 1.04 bits per heavy atom. The third kappa shape index (κ3) is 4.13. The Labute approximate surface area is 139 Å². The van der Waals surface area contributed by atoms with Crippen LogP contribution in [0.3, 0.4) is 0 Å². The summed E-state index contributed by atoms with van der Waals surface area (Å²) in [5, 5.41) is 10.7. The zero-order valence-corrected chi connectivity index (χ0v) is 13.3. The zero-order chi connectivity index (χ0) is 17.7. The van der Waals surface area contributed by atoms with Crippen LogP contribution in [0, 0.1) is 10.1 Å². The zero-order valence-electron chi connectivity index (χ0n) is 13.3. The molecule has 0 N–H and O–H groups in total. The van der Waals surface area contributed by atoms with E-state index in [1.165, 1.54) is 29.2 Å². The molecule has 0 heterocycles. The molecule has 0 aliphatic carbocycles. The van der Waals surface area contributed by atoms with Gasteiger partial charge >= 0.3 is 0 Å². The highest BCUT2D eigenvalue weighted by molar-refractivity contribution is 6.07. The minimum absolute atomic E-state index is 0.0313. The first-order chi connectivity index (χ1) is 11.4. The number of nitro groups is 1. The summed E-state index contributed by atoms with van der Waals surface area (Å²) in [6, 6.07) is 12.4. The molecule has 2 aromatic carbocycles. The summed E-state index contributed by atoms with van der Waals surface area (Å²) in [5.74, 6) is -0.383. The van der Waals surface area contributed by atoms with Crippen LogP contribution in [0.1, 0.15) is 26.3 Å². The molecule has 0 radical (unpaired) electrons. The number of nitro benzene ring substituents is 1. The molecule has 0 bridgehead atoms. The molecule has 0 fully saturated rings. The number of nitrogens with zero attached hydrogens (tertiary/aromatic N) is 2. The van der Waals surface area contributed by atoms with Crippen LogP contribution in [-0.4, -0.2) is 35.6 Å². The maximum Gasteiger partial charge on any atom is 0.270 e. The van der Waals surface area contributed by atoms with Crippen molar-refractivity contribution in [3.8, 4) is 0 Å². The predicted molar refractivity (Wildman–Crippen MR) is 90.9 cm³/mol. The Hall–Kier alpha value is -3.28. The highest BCUT2D eigenvalue weighted by Crippen LogP contribution is 2.15. The second kappa shape index (κ2) is 7.32. The van der Waals surface area contributed by atoms with E-state index >= 15 is 0 Å². The third-order valence-corrected chi connectivity index (χ3v) is 3.33.